The summed E-state index contributed by atoms with van der Waals surface area (Å²) in [6.45, 7) is 2.71. The van der Waals surface area contributed by atoms with Crippen molar-refractivity contribution in [2.24, 2.45) is 5.92 Å². The van der Waals surface area contributed by atoms with Crippen LogP contribution in [0.3, 0.4) is 0 Å². The smallest absolute Gasteiger partial charge is 0.137 e. The second kappa shape index (κ2) is 5.48. The van der Waals surface area contributed by atoms with Crippen LogP contribution in [-0.4, -0.2) is 27.2 Å². The van der Waals surface area contributed by atoms with E-state index in [1.165, 1.54) is 12.7 Å². The van der Waals surface area contributed by atoms with Crippen LogP contribution < -0.4 is 11.1 Å². The number of rotatable bonds is 3. The van der Waals surface area contributed by atoms with Crippen LogP contribution in [-0.2, 0) is 0 Å². The summed E-state index contributed by atoms with van der Waals surface area (Å²) in [5.74, 6) is 1.31. The van der Waals surface area contributed by atoms with E-state index in [0.29, 0.717) is 18.2 Å². The Morgan fingerprint density at radius 3 is 3.10 bits per heavy atom. The topological polar surface area (TPSA) is 84.1 Å². The molecule has 1 aliphatic carbocycles. The normalized spacial score (nSPS) is 25.9. The minimum absolute atomic E-state index is 0.512. The summed E-state index contributed by atoms with van der Waals surface area (Å²) in [6.07, 6.45) is 5.50. The van der Waals surface area contributed by atoms with Crippen LogP contribution in [0.4, 0.5) is 11.5 Å². The van der Waals surface area contributed by atoms with Gasteiger partial charge in [-0.15, -0.1) is 0 Å². The zero-order valence-electron chi connectivity index (χ0n) is 12.3. The Kier molecular flexibility index (Phi) is 3.68. The van der Waals surface area contributed by atoms with Gasteiger partial charge in [-0.05, 0) is 37.0 Å². The van der Waals surface area contributed by atoms with Gasteiger partial charge in [0.05, 0.1) is 11.1 Å². The average Bonchev–Trinajstić information content (AvgIpc) is 2.45. The fourth-order valence-corrected chi connectivity index (χ4v) is 3.26. The van der Waals surface area contributed by atoms with Crippen LogP contribution in [0.1, 0.15) is 32.6 Å². The molecule has 5 heteroatoms. The first-order valence-corrected chi connectivity index (χ1v) is 7.52. The number of aliphatic hydroxyl groups is 1. The molecule has 4 N–H and O–H groups in total. The molecule has 1 saturated carbocycles. The van der Waals surface area contributed by atoms with E-state index in [4.69, 9.17) is 5.73 Å². The van der Waals surface area contributed by atoms with Crippen LogP contribution in [0.2, 0.25) is 0 Å². The molecule has 0 spiro atoms. The highest BCUT2D eigenvalue weighted by atomic mass is 16.3. The molecule has 1 fully saturated rings. The fourth-order valence-electron chi connectivity index (χ4n) is 3.26. The molecule has 0 radical (unpaired) electrons. The molecule has 21 heavy (non-hydrogen) atoms. The third-order valence-electron chi connectivity index (χ3n) is 4.31. The van der Waals surface area contributed by atoms with Gasteiger partial charge in [0.1, 0.15) is 12.1 Å². The lowest BCUT2D eigenvalue weighted by atomic mass is 9.79. The van der Waals surface area contributed by atoms with E-state index in [1.54, 1.807) is 0 Å². The average molecular weight is 286 g/mol. The van der Waals surface area contributed by atoms with Crippen molar-refractivity contribution in [2.75, 3.05) is 17.6 Å². The van der Waals surface area contributed by atoms with Gasteiger partial charge in [-0.1, -0.05) is 19.8 Å². The van der Waals surface area contributed by atoms with Crippen LogP contribution >= 0.6 is 0 Å². The summed E-state index contributed by atoms with van der Waals surface area (Å²) in [5.41, 5.74) is 6.74. The van der Waals surface area contributed by atoms with E-state index in [2.05, 4.69) is 22.2 Å². The lowest BCUT2D eigenvalue weighted by Gasteiger charge is -2.35. The van der Waals surface area contributed by atoms with Crippen molar-refractivity contribution in [1.29, 1.82) is 0 Å². The Morgan fingerprint density at radius 1 is 1.43 bits per heavy atom. The maximum Gasteiger partial charge on any atom is 0.137 e. The molecule has 0 bridgehead atoms. The monoisotopic (exact) mass is 286 g/mol. The molecule has 1 aromatic heterocycles. The van der Waals surface area contributed by atoms with Gasteiger partial charge in [0.2, 0.25) is 0 Å². The summed E-state index contributed by atoms with van der Waals surface area (Å²) < 4.78 is 0. The molecule has 2 unspecified atom stereocenters. The van der Waals surface area contributed by atoms with E-state index in [1.807, 2.05) is 18.2 Å². The van der Waals surface area contributed by atoms with Crippen LogP contribution in [0.5, 0.6) is 0 Å². The third kappa shape index (κ3) is 3.08. The largest absolute Gasteiger partial charge is 0.399 e. The van der Waals surface area contributed by atoms with Gasteiger partial charge in [-0.3, -0.25) is 0 Å². The first-order valence-electron chi connectivity index (χ1n) is 7.52. The number of fused-ring (bicyclic) bond motifs is 1. The highest BCUT2D eigenvalue weighted by Gasteiger charge is 2.32. The number of benzene rings is 1. The number of hydrogen-bond acceptors (Lipinski definition) is 5. The van der Waals surface area contributed by atoms with Gasteiger partial charge in [0.15, 0.2) is 0 Å². The summed E-state index contributed by atoms with van der Waals surface area (Å²) in [5, 5.41) is 14.9. The number of aromatic nitrogens is 2. The van der Waals surface area contributed by atoms with E-state index in [-0.39, 0.29) is 0 Å². The molecule has 0 saturated heterocycles. The Balaban J connectivity index is 1.80. The lowest BCUT2D eigenvalue weighted by molar-refractivity contribution is -0.000802. The Bertz CT molecular complexity index is 645. The number of hydrogen-bond donors (Lipinski definition) is 3. The Morgan fingerprint density at radius 2 is 2.29 bits per heavy atom. The Labute approximate surface area is 124 Å². The molecular weight excluding hydrogens is 264 g/mol. The van der Waals surface area contributed by atoms with Crippen molar-refractivity contribution in [3.63, 3.8) is 0 Å². The molecular formula is C16H22N4O. The van der Waals surface area contributed by atoms with Crippen LogP contribution in [0.15, 0.2) is 24.5 Å². The predicted molar refractivity (Wildman–Crippen MR) is 85.0 cm³/mol. The molecule has 0 aliphatic heterocycles. The first-order chi connectivity index (χ1) is 10.1. The van der Waals surface area contributed by atoms with E-state index < -0.39 is 5.60 Å². The van der Waals surface area contributed by atoms with E-state index in [9.17, 15) is 5.11 Å². The predicted octanol–water partition coefficient (Wildman–Crippen LogP) is 2.57. The summed E-state index contributed by atoms with van der Waals surface area (Å²) in [7, 11) is 0. The van der Waals surface area contributed by atoms with Crippen LogP contribution in [0, 0.1) is 5.92 Å². The minimum Gasteiger partial charge on any atom is -0.399 e. The van der Waals surface area contributed by atoms with Crippen molar-refractivity contribution in [3.05, 3.63) is 24.5 Å². The number of nitrogens with two attached hydrogens (primary N) is 1. The van der Waals surface area contributed by atoms with Gasteiger partial charge in [0, 0.05) is 17.6 Å². The molecule has 1 heterocycles. The van der Waals surface area contributed by atoms with Crippen molar-refractivity contribution in [1.82, 2.24) is 9.97 Å². The zero-order valence-corrected chi connectivity index (χ0v) is 12.3. The second-order valence-corrected chi connectivity index (χ2v) is 6.28. The van der Waals surface area contributed by atoms with Crippen LogP contribution in [0.25, 0.3) is 10.9 Å². The SMILES string of the molecule is CC1CCCC(O)(CNc2ncnc3ccc(N)cc23)C1. The summed E-state index contributed by atoms with van der Waals surface area (Å²) in [4.78, 5) is 8.53. The number of nitrogens with one attached hydrogen (secondary N) is 1. The molecule has 5 nitrogen and oxygen atoms in total. The number of anilines is 2. The van der Waals surface area contributed by atoms with Gasteiger partial charge in [0.25, 0.3) is 0 Å². The quantitative estimate of drug-likeness (QED) is 0.755. The van der Waals surface area contributed by atoms with Crippen molar-refractivity contribution in [2.45, 2.75) is 38.2 Å². The molecule has 1 aliphatic rings. The molecule has 112 valence electrons. The van der Waals surface area contributed by atoms with E-state index in [0.717, 1.165) is 36.0 Å². The summed E-state index contributed by atoms with van der Waals surface area (Å²) in [6, 6.07) is 5.58. The zero-order chi connectivity index (χ0) is 14.9. The van der Waals surface area contributed by atoms with Gasteiger partial charge in [-0.2, -0.15) is 0 Å². The molecule has 3 rings (SSSR count). The molecule has 2 atom stereocenters. The highest BCUT2D eigenvalue weighted by Crippen LogP contribution is 2.32. The molecule has 1 aromatic carbocycles. The molecule has 0 amide bonds. The van der Waals surface area contributed by atoms with Gasteiger partial charge >= 0.3 is 0 Å². The van der Waals surface area contributed by atoms with Gasteiger partial charge < -0.3 is 16.2 Å². The lowest BCUT2D eigenvalue weighted by Crippen LogP contribution is -2.41. The minimum atomic E-state index is -0.644. The van der Waals surface area contributed by atoms with Crippen molar-refractivity contribution < 1.29 is 5.11 Å². The number of nitrogens with zero attached hydrogens (tertiary/aromatic N) is 2. The van der Waals surface area contributed by atoms with Crippen molar-refractivity contribution >= 4 is 22.4 Å². The first kappa shape index (κ1) is 14.1. The molecule has 2 aromatic rings. The highest BCUT2D eigenvalue weighted by molar-refractivity contribution is 5.91. The van der Waals surface area contributed by atoms with Crippen molar-refractivity contribution in [3.8, 4) is 0 Å². The van der Waals surface area contributed by atoms with E-state index >= 15 is 0 Å². The maximum absolute atomic E-state index is 10.7. The maximum atomic E-state index is 10.7. The third-order valence-corrected chi connectivity index (χ3v) is 4.31. The standard InChI is InChI=1S/C16H22N4O/c1-11-3-2-6-16(21,8-11)9-18-15-13-7-12(17)4-5-14(13)19-10-20-15/h4-5,7,10-11,21H,2-3,6,8-9,17H2,1H3,(H,18,19,20). The number of nitrogen functional groups attached to an aromatic ring is 1. The Hall–Kier alpha value is -1.88. The second-order valence-electron chi connectivity index (χ2n) is 6.28. The summed E-state index contributed by atoms with van der Waals surface area (Å²) >= 11 is 0. The van der Waals surface area contributed by atoms with Gasteiger partial charge in [-0.25, -0.2) is 9.97 Å². The fraction of sp³-hybridized carbons (Fsp3) is 0.500.